The van der Waals surface area contributed by atoms with Gasteiger partial charge in [0.1, 0.15) is 8.07 Å². The van der Waals surface area contributed by atoms with E-state index in [1.165, 1.54) is 10.8 Å². The summed E-state index contributed by atoms with van der Waals surface area (Å²) < 4.78 is 0. The van der Waals surface area contributed by atoms with Crippen LogP contribution < -0.4 is 5.19 Å². The first-order valence-corrected chi connectivity index (χ1v) is 7.12. The highest BCUT2D eigenvalue weighted by atomic mass is 28.3. The normalized spacial score (nSPS) is 10.9. The summed E-state index contributed by atoms with van der Waals surface area (Å²) in [6.07, 6.45) is 0. The third kappa shape index (κ3) is 1.98. The minimum atomic E-state index is -1.58. The van der Waals surface area contributed by atoms with Crippen LogP contribution in [0, 0.1) is 6.92 Å². The Balaban J connectivity index is 3.19. The molecule has 1 aromatic carbocycles. The van der Waals surface area contributed by atoms with Crippen molar-refractivity contribution >= 4 is 13.3 Å². The predicted molar refractivity (Wildman–Crippen MR) is 62.8 cm³/mol. The van der Waals surface area contributed by atoms with Crippen molar-refractivity contribution in [1.82, 2.24) is 0 Å². The summed E-state index contributed by atoms with van der Waals surface area (Å²) in [6, 6.07) is 8.62. The van der Waals surface area contributed by atoms with E-state index in [0.29, 0.717) is 0 Å². The smallest absolute Gasteiger partial charge is 0.106 e. The van der Waals surface area contributed by atoms with Gasteiger partial charge in [0.15, 0.2) is 0 Å². The highest BCUT2D eigenvalue weighted by Crippen LogP contribution is 2.07. The van der Waals surface area contributed by atoms with Crippen molar-refractivity contribution in [3.63, 3.8) is 0 Å². The van der Waals surface area contributed by atoms with Crippen molar-refractivity contribution in [3.8, 4) is 0 Å². The molecule has 0 unspecified atom stereocenters. The molecular weight excluding hydrogens is 172 g/mol. The summed E-state index contributed by atoms with van der Waals surface area (Å²) in [4.78, 5) is 0. The molecule has 0 N–H and O–H groups in total. The monoisotopic (exact) mass is 188 g/mol. The second kappa shape index (κ2) is 3.75. The zero-order valence-corrected chi connectivity index (χ0v) is 9.38. The Kier molecular flexibility index (Phi) is 2.89. The van der Waals surface area contributed by atoms with Crippen LogP contribution in [0.4, 0.5) is 0 Å². The Hall–Kier alpha value is -1.08. The van der Waals surface area contributed by atoms with Gasteiger partial charge in [0.05, 0.1) is 0 Å². The third-order valence-electron chi connectivity index (χ3n) is 2.49. The van der Waals surface area contributed by atoms with Crippen LogP contribution in [0.2, 0.25) is 6.55 Å². The van der Waals surface area contributed by atoms with Gasteiger partial charge in [0.2, 0.25) is 0 Å². The molecule has 68 valence electrons. The van der Waals surface area contributed by atoms with Crippen molar-refractivity contribution in [2.24, 2.45) is 0 Å². The summed E-state index contributed by atoms with van der Waals surface area (Å²) >= 11 is 0. The number of hydrogen-bond donors (Lipinski definition) is 0. The Labute approximate surface area is 81.6 Å². The van der Waals surface area contributed by atoms with Gasteiger partial charge in [-0.1, -0.05) is 53.0 Å². The van der Waals surface area contributed by atoms with E-state index in [0.717, 1.165) is 0 Å². The van der Waals surface area contributed by atoms with Crippen LogP contribution in [-0.2, 0) is 0 Å². The van der Waals surface area contributed by atoms with Crippen LogP contribution in [0.5, 0.6) is 0 Å². The summed E-state index contributed by atoms with van der Waals surface area (Å²) in [5, 5.41) is 1.39. The van der Waals surface area contributed by atoms with E-state index in [4.69, 9.17) is 0 Å². The number of benzene rings is 1. The van der Waals surface area contributed by atoms with E-state index in [-0.39, 0.29) is 0 Å². The molecule has 0 amide bonds. The fourth-order valence-corrected chi connectivity index (χ4v) is 2.93. The zero-order valence-electron chi connectivity index (χ0n) is 8.38. The van der Waals surface area contributed by atoms with E-state index in [1.807, 2.05) is 0 Å². The van der Waals surface area contributed by atoms with E-state index in [9.17, 15) is 0 Å². The van der Waals surface area contributed by atoms with Crippen molar-refractivity contribution in [3.05, 3.63) is 54.4 Å². The molecule has 0 nitrogen and oxygen atoms in total. The fraction of sp³-hybridized carbons (Fsp3) is 0.167. The van der Waals surface area contributed by atoms with Crippen LogP contribution in [0.15, 0.2) is 48.8 Å². The third-order valence-corrected chi connectivity index (χ3v) is 5.74. The van der Waals surface area contributed by atoms with Gasteiger partial charge in [-0.3, -0.25) is 0 Å². The number of rotatable bonds is 3. The highest BCUT2D eigenvalue weighted by Gasteiger charge is 2.20. The first-order chi connectivity index (χ1) is 6.12. The lowest BCUT2D eigenvalue weighted by molar-refractivity contribution is 1.49. The molecule has 0 aliphatic rings. The topological polar surface area (TPSA) is 0 Å². The molecule has 1 aromatic rings. The molecule has 0 fully saturated rings. The van der Waals surface area contributed by atoms with Crippen molar-refractivity contribution < 1.29 is 0 Å². The van der Waals surface area contributed by atoms with Crippen LogP contribution in [0.25, 0.3) is 0 Å². The Morgan fingerprint density at radius 3 is 2.31 bits per heavy atom. The summed E-state index contributed by atoms with van der Waals surface area (Å²) in [5.74, 6) is 0. The van der Waals surface area contributed by atoms with Gasteiger partial charge in [0, 0.05) is 0 Å². The molecule has 0 spiro atoms. The average molecular weight is 188 g/mol. The van der Waals surface area contributed by atoms with E-state index in [2.05, 4.69) is 62.3 Å². The zero-order chi connectivity index (χ0) is 9.90. The lowest BCUT2D eigenvalue weighted by Gasteiger charge is -2.19. The standard InChI is InChI=1S/C12H16Si/c1-5-13(4,6-2)12-9-7-8-11(3)10-12/h5-10H,1-2H2,3-4H3. The minimum absolute atomic E-state index is 1.31. The predicted octanol–water partition coefficient (Wildman–Crippen LogP) is 2.73. The molecule has 0 saturated carbocycles. The summed E-state index contributed by atoms with van der Waals surface area (Å²) in [7, 11) is -1.58. The van der Waals surface area contributed by atoms with E-state index in [1.54, 1.807) is 0 Å². The molecule has 1 rings (SSSR count). The van der Waals surface area contributed by atoms with Gasteiger partial charge in [0.25, 0.3) is 0 Å². The van der Waals surface area contributed by atoms with Crippen LogP contribution in [-0.4, -0.2) is 8.07 Å². The average Bonchev–Trinajstić information content (AvgIpc) is 2.17. The van der Waals surface area contributed by atoms with E-state index >= 15 is 0 Å². The molecule has 0 aliphatic heterocycles. The van der Waals surface area contributed by atoms with Crippen LogP contribution in [0.1, 0.15) is 5.56 Å². The van der Waals surface area contributed by atoms with Crippen LogP contribution >= 0.6 is 0 Å². The lowest BCUT2D eigenvalue weighted by Crippen LogP contribution is -2.40. The van der Waals surface area contributed by atoms with Gasteiger partial charge < -0.3 is 0 Å². The Bertz CT molecular complexity index is 318. The second-order valence-corrected chi connectivity index (χ2v) is 7.52. The minimum Gasteiger partial charge on any atom is -0.106 e. The fourth-order valence-electron chi connectivity index (χ4n) is 1.30. The molecule has 0 bridgehead atoms. The van der Waals surface area contributed by atoms with Gasteiger partial charge in [-0.2, -0.15) is 0 Å². The van der Waals surface area contributed by atoms with Crippen molar-refractivity contribution in [2.45, 2.75) is 13.5 Å². The lowest BCUT2D eigenvalue weighted by atomic mass is 10.2. The Morgan fingerprint density at radius 2 is 1.85 bits per heavy atom. The molecule has 13 heavy (non-hydrogen) atoms. The largest absolute Gasteiger partial charge is 0.129 e. The SMILES string of the molecule is C=C[Si](C)(C=C)c1cccc(C)c1. The summed E-state index contributed by atoms with van der Waals surface area (Å²) in [6.45, 7) is 12.2. The van der Waals surface area contributed by atoms with Gasteiger partial charge >= 0.3 is 0 Å². The number of hydrogen-bond acceptors (Lipinski definition) is 0. The molecular formula is C12H16Si. The van der Waals surface area contributed by atoms with Crippen molar-refractivity contribution in [1.29, 1.82) is 0 Å². The van der Waals surface area contributed by atoms with Crippen molar-refractivity contribution in [2.75, 3.05) is 0 Å². The maximum Gasteiger partial charge on any atom is 0.129 e. The second-order valence-electron chi connectivity index (χ2n) is 3.56. The highest BCUT2D eigenvalue weighted by molar-refractivity contribution is 6.98. The van der Waals surface area contributed by atoms with E-state index < -0.39 is 8.07 Å². The first-order valence-electron chi connectivity index (χ1n) is 4.47. The number of aryl methyl sites for hydroxylation is 1. The molecule has 0 heterocycles. The first kappa shape index (κ1) is 10.0. The molecule has 0 saturated heterocycles. The molecule has 0 aliphatic carbocycles. The summed E-state index contributed by atoms with van der Waals surface area (Å²) in [5.41, 5.74) is 5.43. The Morgan fingerprint density at radius 1 is 1.23 bits per heavy atom. The van der Waals surface area contributed by atoms with Gasteiger partial charge in [-0.05, 0) is 6.92 Å². The molecule has 0 atom stereocenters. The maximum absolute atomic E-state index is 3.90. The maximum atomic E-state index is 3.90. The quantitative estimate of drug-likeness (QED) is 0.640. The van der Waals surface area contributed by atoms with Crippen LogP contribution in [0.3, 0.4) is 0 Å². The molecule has 0 aromatic heterocycles. The van der Waals surface area contributed by atoms with Gasteiger partial charge in [-0.25, -0.2) is 0 Å². The van der Waals surface area contributed by atoms with Gasteiger partial charge in [-0.15, -0.1) is 13.2 Å². The molecule has 0 radical (unpaired) electrons. The molecule has 1 heteroatoms.